The van der Waals surface area contributed by atoms with Gasteiger partial charge in [-0.15, -0.1) is 0 Å². The zero-order valence-electron chi connectivity index (χ0n) is 12.7. The number of aliphatic hydroxyl groups excluding tert-OH is 1. The van der Waals surface area contributed by atoms with Crippen molar-refractivity contribution in [3.8, 4) is 0 Å². The zero-order valence-corrected chi connectivity index (χ0v) is 12.7. The molecule has 1 atom stereocenters. The molecule has 0 aromatic carbocycles. The van der Waals surface area contributed by atoms with E-state index < -0.39 is 11.7 Å². The highest BCUT2D eigenvalue weighted by molar-refractivity contribution is 5.43. The lowest BCUT2D eigenvalue weighted by atomic mass is 9.74. The van der Waals surface area contributed by atoms with Gasteiger partial charge in [0, 0.05) is 18.4 Å². The van der Waals surface area contributed by atoms with Crippen LogP contribution in [0.25, 0.3) is 0 Å². The summed E-state index contributed by atoms with van der Waals surface area (Å²) >= 11 is 0. The summed E-state index contributed by atoms with van der Waals surface area (Å²) in [5, 5.41) is 10.9. The van der Waals surface area contributed by atoms with E-state index in [9.17, 15) is 5.11 Å². The number of rotatable bonds is 4. The number of hydrogen-bond acceptors (Lipinski definition) is 4. The Morgan fingerprint density at radius 3 is 2.75 bits per heavy atom. The highest BCUT2D eigenvalue weighted by Crippen LogP contribution is 2.44. The Bertz CT molecular complexity index is 454. The second-order valence-corrected chi connectivity index (χ2v) is 6.07. The van der Waals surface area contributed by atoms with Gasteiger partial charge in [0.1, 0.15) is 11.9 Å². The number of nitrogens with two attached hydrogens (primary N) is 1. The molecule has 0 saturated heterocycles. The Labute approximate surface area is 121 Å². The van der Waals surface area contributed by atoms with E-state index >= 15 is 0 Å². The Hall–Kier alpha value is -1.13. The van der Waals surface area contributed by atoms with Crippen LogP contribution in [0.5, 0.6) is 0 Å². The quantitative estimate of drug-likeness (QED) is 0.888. The molecule has 4 heteroatoms. The van der Waals surface area contributed by atoms with E-state index in [1.54, 1.807) is 6.20 Å². The van der Waals surface area contributed by atoms with Crippen LogP contribution in [0.1, 0.15) is 56.8 Å². The molecule has 1 heterocycles. The van der Waals surface area contributed by atoms with Gasteiger partial charge in [-0.25, -0.2) is 4.98 Å². The van der Waals surface area contributed by atoms with Gasteiger partial charge in [0.25, 0.3) is 0 Å². The summed E-state index contributed by atoms with van der Waals surface area (Å²) in [5.74, 6) is 1.10. The van der Waals surface area contributed by atoms with E-state index in [4.69, 9.17) is 10.5 Å². The highest BCUT2D eigenvalue weighted by atomic mass is 16.5. The van der Waals surface area contributed by atoms with E-state index in [-0.39, 0.29) is 0 Å². The molecule has 1 aromatic heterocycles. The van der Waals surface area contributed by atoms with Gasteiger partial charge in [-0.2, -0.15) is 0 Å². The molecule has 1 aliphatic rings. The predicted octanol–water partition coefficient (Wildman–Crippen LogP) is 2.99. The van der Waals surface area contributed by atoms with Crippen LogP contribution in [0.15, 0.2) is 12.3 Å². The Kier molecular flexibility index (Phi) is 4.66. The number of aromatic nitrogens is 1. The van der Waals surface area contributed by atoms with Gasteiger partial charge in [-0.05, 0) is 57.1 Å². The summed E-state index contributed by atoms with van der Waals surface area (Å²) in [7, 11) is 0. The molecule has 0 spiro atoms. The molecule has 20 heavy (non-hydrogen) atoms. The number of nitrogens with zero attached hydrogens (tertiary/aromatic N) is 1. The number of aliphatic hydroxyl groups is 1. The summed E-state index contributed by atoms with van der Waals surface area (Å²) in [6, 6.07) is 1.92. The van der Waals surface area contributed by atoms with E-state index in [0.717, 1.165) is 31.2 Å². The fourth-order valence-corrected chi connectivity index (χ4v) is 3.14. The SMILES string of the molecule is CCOC1(C(O)c2cc(C)cnc2N)CCC(C)CC1. The number of hydrogen-bond donors (Lipinski definition) is 2. The summed E-state index contributed by atoms with van der Waals surface area (Å²) in [6.45, 7) is 6.79. The fourth-order valence-electron chi connectivity index (χ4n) is 3.14. The lowest BCUT2D eigenvalue weighted by molar-refractivity contribution is -0.146. The Balaban J connectivity index is 2.31. The Morgan fingerprint density at radius 1 is 1.50 bits per heavy atom. The number of aryl methyl sites for hydroxylation is 1. The van der Waals surface area contributed by atoms with Crippen molar-refractivity contribution in [2.75, 3.05) is 12.3 Å². The number of anilines is 1. The third-order valence-corrected chi connectivity index (χ3v) is 4.43. The third-order valence-electron chi connectivity index (χ3n) is 4.43. The topological polar surface area (TPSA) is 68.4 Å². The summed E-state index contributed by atoms with van der Waals surface area (Å²) in [5.41, 5.74) is 7.15. The van der Waals surface area contributed by atoms with Gasteiger partial charge in [-0.3, -0.25) is 0 Å². The van der Waals surface area contributed by atoms with E-state index in [0.29, 0.717) is 23.9 Å². The molecule has 1 fully saturated rings. The maximum absolute atomic E-state index is 10.9. The van der Waals surface area contributed by atoms with Crippen LogP contribution in [0, 0.1) is 12.8 Å². The largest absolute Gasteiger partial charge is 0.385 e. The van der Waals surface area contributed by atoms with Gasteiger partial charge in [0.2, 0.25) is 0 Å². The van der Waals surface area contributed by atoms with Crippen molar-refractivity contribution in [2.24, 2.45) is 5.92 Å². The first-order chi connectivity index (χ1) is 9.48. The normalized spacial score (nSPS) is 28.3. The van der Waals surface area contributed by atoms with Crippen molar-refractivity contribution in [3.63, 3.8) is 0 Å². The first-order valence-electron chi connectivity index (χ1n) is 7.52. The zero-order chi connectivity index (χ0) is 14.8. The molecule has 1 saturated carbocycles. The molecule has 0 bridgehead atoms. The Morgan fingerprint density at radius 2 is 2.15 bits per heavy atom. The van der Waals surface area contributed by atoms with Crippen LogP contribution in [0.2, 0.25) is 0 Å². The molecule has 4 nitrogen and oxygen atoms in total. The lowest BCUT2D eigenvalue weighted by Gasteiger charge is -2.42. The van der Waals surface area contributed by atoms with Crippen molar-refractivity contribution in [3.05, 3.63) is 23.4 Å². The standard InChI is InChI=1S/C16H26N2O2/c1-4-20-16(7-5-11(2)6-8-16)14(19)13-9-12(3)10-18-15(13)17/h9-11,14,19H,4-8H2,1-3H3,(H2,17,18). The summed E-state index contributed by atoms with van der Waals surface area (Å²) < 4.78 is 6.00. The number of ether oxygens (including phenoxy) is 1. The van der Waals surface area contributed by atoms with Crippen molar-refractivity contribution in [1.82, 2.24) is 4.98 Å². The highest BCUT2D eigenvalue weighted by Gasteiger charge is 2.43. The lowest BCUT2D eigenvalue weighted by Crippen LogP contribution is -2.43. The minimum atomic E-state index is -0.706. The first kappa shape index (κ1) is 15.3. The molecule has 1 aliphatic carbocycles. The van der Waals surface area contributed by atoms with Gasteiger partial charge in [0.05, 0.1) is 5.60 Å². The van der Waals surface area contributed by atoms with Gasteiger partial charge < -0.3 is 15.6 Å². The van der Waals surface area contributed by atoms with Crippen LogP contribution in [0.4, 0.5) is 5.82 Å². The van der Waals surface area contributed by atoms with E-state index in [1.807, 2.05) is 19.9 Å². The molecule has 0 amide bonds. The van der Waals surface area contributed by atoms with Gasteiger partial charge in [0.15, 0.2) is 0 Å². The first-order valence-corrected chi connectivity index (χ1v) is 7.52. The van der Waals surface area contributed by atoms with E-state index in [1.165, 1.54) is 0 Å². The molecular formula is C16H26N2O2. The molecule has 0 aliphatic heterocycles. The second kappa shape index (κ2) is 6.10. The summed E-state index contributed by atoms with van der Waals surface area (Å²) in [6.07, 6.45) is 4.92. The molecule has 1 aromatic rings. The average Bonchev–Trinajstić information content (AvgIpc) is 2.44. The van der Waals surface area contributed by atoms with E-state index in [2.05, 4.69) is 11.9 Å². The molecular weight excluding hydrogens is 252 g/mol. The van der Waals surface area contributed by atoms with Crippen molar-refractivity contribution in [1.29, 1.82) is 0 Å². The molecule has 2 rings (SSSR count). The monoisotopic (exact) mass is 278 g/mol. The molecule has 3 N–H and O–H groups in total. The fraction of sp³-hybridized carbons (Fsp3) is 0.688. The number of nitrogen functional groups attached to an aromatic ring is 1. The number of pyridine rings is 1. The minimum absolute atomic E-state index is 0.404. The third kappa shape index (κ3) is 2.96. The molecule has 112 valence electrons. The average molecular weight is 278 g/mol. The predicted molar refractivity (Wildman–Crippen MR) is 80.3 cm³/mol. The van der Waals surface area contributed by atoms with Crippen molar-refractivity contribution >= 4 is 5.82 Å². The van der Waals surface area contributed by atoms with Gasteiger partial charge >= 0.3 is 0 Å². The maximum Gasteiger partial charge on any atom is 0.129 e. The molecule has 0 radical (unpaired) electrons. The van der Waals surface area contributed by atoms with Crippen LogP contribution < -0.4 is 5.73 Å². The van der Waals surface area contributed by atoms with Gasteiger partial charge in [-0.1, -0.05) is 6.92 Å². The minimum Gasteiger partial charge on any atom is -0.385 e. The van der Waals surface area contributed by atoms with Crippen LogP contribution >= 0.6 is 0 Å². The molecule has 1 unspecified atom stereocenters. The second-order valence-electron chi connectivity index (χ2n) is 6.07. The summed E-state index contributed by atoms with van der Waals surface area (Å²) in [4.78, 5) is 4.16. The van der Waals surface area contributed by atoms with Crippen LogP contribution in [-0.2, 0) is 4.74 Å². The van der Waals surface area contributed by atoms with Crippen molar-refractivity contribution in [2.45, 2.75) is 58.2 Å². The van der Waals surface area contributed by atoms with Crippen LogP contribution in [-0.4, -0.2) is 22.3 Å². The smallest absolute Gasteiger partial charge is 0.129 e. The van der Waals surface area contributed by atoms with Crippen molar-refractivity contribution < 1.29 is 9.84 Å². The van der Waals surface area contributed by atoms with Crippen LogP contribution in [0.3, 0.4) is 0 Å². The maximum atomic E-state index is 10.9.